The third kappa shape index (κ3) is 1.50. The number of ether oxygens (including phenoxy) is 1. The van der Waals surface area contributed by atoms with Crippen molar-refractivity contribution in [2.45, 2.75) is 0 Å². The smallest absolute Gasteiger partial charge is 0.415 e. The van der Waals surface area contributed by atoms with Gasteiger partial charge in [-0.3, -0.25) is 10.1 Å². The Morgan fingerprint density at radius 1 is 1.44 bits per heavy atom. The van der Waals surface area contributed by atoms with Crippen LogP contribution in [-0.4, -0.2) is 12.0 Å². The van der Waals surface area contributed by atoms with E-state index in [1.165, 1.54) is 7.11 Å². The van der Waals surface area contributed by atoms with E-state index in [9.17, 15) is 14.9 Å². The summed E-state index contributed by atoms with van der Waals surface area (Å²) in [7, 11) is 1.44. The van der Waals surface area contributed by atoms with Crippen LogP contribution in [-0.2, 0) is 0 Å². The summed E-state index contributed by atoms with van der Waals surface area (Å²) in [5, 5.41) is 11.0. The second kappa shape index (κ2) is 3.65. The van der Waals surface area contributed by atoms with E-state index in [1.54, 1.807) is 18.2 Å². The van der Waals surface area contributed by atoms with Crippen LogP contribution in [0, 0.1) is 10.1 Å². The summed E-state index contributed by atoms with van der Waals surface area (Å²) in [6.07, 6.45) is 0. The Hall–Kier alpha value is -2.37. The third-order valence-corrected chi connectivity index (χ3v) is 2.14. The van der Waals surface area contributed by atoms with Gasteiger partial charge < -0.3 is 9.15 Å². The SMILES string of the molecule is COc1cccc2oc(=O)c([N+](=O)[O-])cc12. The van der Waals surface area contributed by atoms with Crippen molar-refractivity contribution in [3.05, 3.63) is 44.8 Å². The van der Waals surface area contributed by atoms with Gasteiger partial charge in [-0.1, -0.05) is 6.07 Å². The Morgan fingerprint density at radius 3 is 2.81 bits per heavy atom. The lowest BCUT2D eigenvalue weighted by Gasteiger charge is -2.02. The van der Waals surface area contributed by atoms with Crippen LogP contribution >= 0.6 is 0 Å². The topological polar surface area (TPSA) is 82.6 Å². The first-order valence-electron chi connectivity index (χ1n) is 4.38. The molecule has 1 aromatic carbocycles. The van der Waals surface area contributed by atoms with Crippen molar-refractivity contribution >= 4 is 16.7 Å². The molecule has 0 atom stereocenters. The van der Waals surface area contributed by atoms with Crippen molar-refractivity contribution in [2.24, 2.45) is 0 Å². The Kier molecular flexibility index (Phi) is 2.32. The van der Waals surface area contributed by atoms with Gasteiger partial charge in [0.05, 0.1) is 17.4 Å². The predicted octanol–water partition coefficient (Wildman–Crippen LogP) is 1.71. The number of fused-ring (bicyclic) bond motifs is 1. The molecule has 0 N–H and O–H groups in total. The number of benzene rings is 1. The zero-order chi connectivity index (χ0) is 11.7. The summed E-state index contributed by atoms with van der Waals surface area (Å²) in [5.41, 5.74) is -1.31. The molecule has 6 nitrogen and oxygen atoms in total. The molecule has 0 amide bonds. The summed E-state index contributed by atoms with van der Waals surface area (Å²) in [4.78, 5) is 21.0. The van der Waals surface area contributed by atoms with Crippen molar-refractivity contribution < 1.29 is 14.1 Å². The minimum atomic E-state index is -0.967. The van der Waals surface area contributed by atoms with E-state index in [2.05, 4.69) is 0 Å². The van der Waals surface area contributed by atoms with Gasteiger partial charge in [0, 0.05) is 6.07 Å². The first-order valence-corrected chi connectivity index (χ1v) is 4.38. The number of nitro groups is 1. The van der Waals surface area contributed by atoms with Crippen LogP contribution in [0.4, 0.5) is 5.69 Å². The molecule has 82 valence electrons. The zero-order valence-electron chi connectivity index (χ0n) is 8.30. The molecule has 0 saturated carbocycles. The van der Waals surface area contributed by atoms with Crippen molar-refractivity contribution in [2.75, 3.05) is 7.11 Å². The van der Waals surface area contributed by atoms with Crippen molar-refractivity contribution in [1.29, 1.82) is 0 Å². The quantitative estimate of drug-likeness (QED) is 0.438. The fourth-order valence-electron chi connectivity index (χ4n) is 1.41. The highest BCUT2D eigenvalue weighted by Gasteiger charge is 2.17. The highest BCUT2D eigenvalue weighted by molar-refractivity contribution is 5.84. The molecule has 2 aromatic rings. The Balaban J connectivity index is 2.85. The van der Waals surface area contributed by atoms with Crippen molar-refractivity contribution in [3.63, 3.8) is 0 Å². The van der Waals surface area contributed by atoms with Gasteiger partial charge in [0.2, 0.25) is 0 Å². The van der Waals surface area contributed by atoms with E-state index in [4.69, 9.17) is 9.15 Å². The summed E-state index contributed by atoms with van der Waals surface area (Å²) < 4.78 is 9.84. The van der Waals surface area contributed by atoms with E-state index in [0.717, 1.165) is 6.07 Å². The average molecular weight is 221 g/mol. The highest BCUT2D eigenvalue weighted by atomic mass is 16.6. The molecule has 0 unspecified atom stereocenters. The molecule has 6 heteroatoms. The Morgan fingerprint density at radius 2 is 2.19 bits per heavy atom. The number of hydrogen-bond donors (Lipinski definition) is 0. The molecule has 0 spiro atoms. The molecule has 0 fully saturated rings. The van der Waals surface area contributed by atoms with E-state index < -0.39 is 16.2 Å². The highest BCUT2D eigenvalue weighted by Crippen LogP contribution is 2.26. The van der Waals surface area contributed by atoms with Gasteiger partial charge in [-0.15, -0.1) is 0 Å². The summed E-state index contributed by atoms with van der Waals surface area (Å²) in [5.74, 6) is 0.421. The maximum absolute atomic E-state index is 11.2. The normalized spacial score (nSPS) is 10.3. The average Bonchev–Trinajstić information content (AvgIpc) is 2.26. The lowest BCUT2D eigenvalue weighted by Crippen LogP contribution is -2.06. The van der Waals surface area contributed by atoms with Gasteiger partial charge in [0.25, 0.3) is 0 Å². The van der Waals surface area contributed by atoms with Gasteiger partial charge in [0.15, 0.2) is 0 Å². The van der Waals surface area contributed by atoms with Gasteiger partial charge in [-0.05, 0) is 12.1 Å². The molecule has 0 saturated heterocycles. The maximum Gasteiger partial charge on any atom is 0.415 e. The summed E-state index contributed by atoms with van der Waals surface area (Å²) in [6.45, 7) is 0. The van der Waals surface area contributed by atoms with E-state index >= 15 is 0 Å². The van der Waals surface area contributed by atoms with E-state index in [1.807, 2.05) is 0 Å². The molecule has 0 radical (unpaired) electrons. The number of methoxy groups -OCH3 is 1. The van der Waals surface area contributed by atoms with Crippen LogP contribution in [0.2, 0.25) is 0 Å². The predicted molar refractivity (Wildman–Crippen MR) is 55.7 cm³/mol. The van der Waals surface area contributed by atoms with Crippen LogP contribution in [0.1, 0.15) is 0 Å². The molecule has 0 aliphatic carbocycles. The van der Waals surface area contributed by atoms with E-state index in [-0.39, 0.29) is 5.58 Å². The van der Waals surface area contributed by atoms with Crippen molar-refractivity contribution in [3.8, 4) is 5.75 Å². The monoisotopic (exact) mass is 221 g/mol. The second-order valence-electron chi connectivity index (χ2n) is 3.05. The minimum absolute atomic E-state index is 0.259. The van der Waals surface area contributed by atoms with E-state index in [0.29, 0.717) is 11.1 Å². The second-order valence-corrected chi connectivity index (χ2v) is 3.05. The van der Waals surface area contributed by atoms with Gasteiger partial charge in [0.1, 0.15) is 11.3 Å². The largest absolute Gasteiger partial charge is 0.496 e. The van der Waals surface area contributed by atoms with Crippen LogP contribution in [0.5, 0.6) is 5.75 Å². The lowest BCUT2D eigenvalue weighted by molar-refractivity contribution is -0.387. The zero-order valence-corrected chi connectivity index (χ0v) is 8.30. The fourth-order valence-corrected chi connectivity index (χ4v) is 1.41. The fraction of sp³-hybridized carbons (Fsp3) is 0.100. The number of hydrogen-bond acceptors (Lipinski definition) is 5. The molecule has 16 heavy (non-hydrogen) atoms. The molecule has 1 heterocycles. The standard InChI is InChI=1S/C10H7NO5/c1-15-8-3-2-4-9-6(8)5-7(11(13)14)10(12)16-9/h2-5H,1H3. The third-order valence-electron chi connectivity index (χ3n) is 2.14. The molecule has 2 rings (SSSR count). The van der Waals surface area contributed by atoms with Gasteiger partial charge >= 0.3 is 11.3 Å². The van der Waals surface area contributed by atoms with Crippen LogP contribution in [0.3, 0.4) is 0 Å². The molecule has 0 aliphatic rings. The lowest BCUT2D eigenvalue weighted by atomic mass is 10.2. The molecular formula is C10H7NO5. The van der Waals surface area contributed by atoms with Crippen molar-refractivity contribution in [1.82, 2.24) is 0 Å². The Bertz CT molecular complexity index is 616. The van der Waals surface area contributed by atoms with Crippen LogP contribution in [0.25, 0.3) is 11.0 Å². The van der Waals surface area contributed by atoms with Crippen LogP contribution in [0.15, 0.2) is 33.5 Å². The number of rotatable bonds is 2. The minimum Gasteiger partial charge on any atom is -0.496 e. The maximum atomic E-state index is 11.2. The van der Waals surface area contributed by atoms with Crippen LogP contribution < -0.4 is 10.4 Å². The molecular weight excluding hydrogens is 214 g/mol. The molecule has 1 aromatic heterocycles. The van der Waals surface area contributed by atoms with Gasteiger partial charge in [-0.2, -0.15) is 0 Å². The first-order chi connectivity index (χ1) is 7.63. The number of nitrogens with zero attached hydrogens (tertiary/aromatic N) is 1. The first kappa shape index (κ1) is 10.2. The summed E-state index contributed by atoms with van der Waals surface area (Å²) in [6, 6.07) is 5.96. The Labute approximate surface area is 89.2 Å². The molecule has 0 aliphatic heterocycles. The van der Waals surface area contributed by atoms with Gasteiger partial charge in [-0.25, -0.2) is 4.79 Å². The molecule has 0 bridgehead atoms. The summed E-state index contributed by atoms with van der Waals surface area (Å²) >= 11 is 0.